The number of rotatable bonds is 2. The normalized spacial score (nSPS) is 12.5. The predicted octanol–water partition coefficient (Wildman–Crippen LogP) is 3.63. The zero-order valence-electron chi connectivity index (χ0n) is 10.4. The van der Waals surface area contributed by atoms with Gasteiger partial charge in [0.25, 0.3) is 0 Å². The molecule has 0 aliphatic carbocycles. The summed E-state index contributed by atoms with van der Waals surface area (Å²) in [4.78, 5) is 0. The van der Waals surface area contributed by atoms with Gasteiger partial charge in [0.1, 0.15) is 0 Å². The molecule has 2 aromatic rings. The second-order valence-electron chi connectivity index (χ2n) is 4.51. The van der Waals surface area contributed by atoms with Crippen LogP contribution in [0.25, 0.3) is 0 Å². The van der Waals surface area contributed by atoms with Gasteiger partial charge in [0, 0.05) is 0 Å². The van der Waals surface area contributed by atoms with Gasteiger partial charge in [-0.15, -0.1) is 0 Å². The molecular formula is C15H15F2N. The molecule has 0 saturated heterocycles. The van der Waals surface area contributed by atoms with Crippen molar-refractivity contribution in [3.8, 4) is 0 Å². The van der Waals surface area contributed by atoms with E-state index in [0.717, 1.165) is 28.8 Å². The van der Waals surface area contributed by atoms with E-state index in [1.54, 1.807) is 0 Å². The van der Waals surface area contributed by atoms with Crippen molar-refractivity contribution in [2.75, 3.05) is 0 Å². The van der Waals surface area contributed by atoms with Crippen molar-refractivity contribution in [2.24, 2.45) is 5.73 Å². The first-order valence-corrected chi connectivity index (χ1v) is 5.76. The molecule has 2 N–H and O–H groups in total. The van der Waals surface area contributed by atoms with Crippen molar-refractivity contribution in [1.29, 1.82) is 0 Å². The summed E-state index contributed by atoms with van der Waals surface area (Å²) in [7, 11) is 0. The molecule has 0 amide bonds. The van der Waals surface area contributed by atoms with Gasteiger partial charge in [-0.2, -0.15) is 0 Å². The van der Waals surface area contributed by atoms with Crippen LogP contribution >= 0.6 is 0 Å². The molecule has 0 bridgehead atoms. The highest BCUT2D eigenvalue weighted by Gasteiger charge is 2.13. The van der Waals surface area contributed by atoms with Gasteiger partial charge in [0.05, 0.1) is 6.04 Å². The van der Waals surface area contributed by atoms with Gasteiger partial charge in [-0.25, -0.2) is 8.78 Å². The van der Waals surface area contributed by atoms with Crippen LogP contribution < -0.4 is 5.73 Å². The van der Waals surface area contributed by atoms with Gasteiger partial charge < -0.3 is 5.73 Å². The van der Waals surface area contributed by atoms with E-state index in [9.17, 15) is 8.78 Å². The van der Waals surface area contributed by atoms with E-state index in [-0.39, 0.29) is 0 Å². The topological polar surface area (TPSA) is 26.0 Å². The lowest BCUT2D eigenvalue weighted by Crippen LogP contribution is -2.14. The lowest BCUT2D eigenvalue weighted by molar-refractivity contribution is 0.506. The molecule has 0 heterocycles. The molecule has 2 rings (SSSR count). The fourth-order valence-corrected chi connectivity index (χ4v) is 1.98. The van der Waals surface area contributed by atoms with E-state index < -0.39 is 17.7 Å². The second-order valence-corrected chi connectivity index (χ2v) is 4.51. The average molecular weight is 247 g/mol. The van der Waals surface area contributed by atoms with Gasteiger partial charge in [-0.05, 0) is 42.7 Å². The molecule has 0 radical (unpaired) electrons. The van der Waals surface area contributed by atoms with Gasteiger partial charge in [-0.3, -0.25) is 0 Å². The molecule has 0 aliphatic heterocycles. The molecule has 0 aromatic heterocycles. The number of halogens is 2. The Morgan fingerprint density at radius 3 is 2.33 bits per heavy atom. The SMILES string of the molecule is Cc1ccc(C)c(C(N)c2ccc(F)c(F)c2)c1. The van der Waals surface area contributed by atoms with Crippen molar-refractivity contribution in [2.45, 2.75) is 19.9 Å². The van der Waals surface area contributed by atoms with Crippen molar-refractivity contribution < 1.29 is 8.78 Å². The van der Waals surface area contributed by atoms with Gasteiger partial charge in [0.15, 0.2) is 11.6 Å². The van der Waals surface area contributed by atoms with E-state index in [2.05, 4.69) is 0 Å². The van der Waals surface area contributed by atoms with Gasteiger partial charge in [0.2, 0.25) is 0 Å². The quantitative estimate of drug-likeness (QED) is 0.861. The van der Waals surface area contributed by atoms with Crippen LogP contribution in [0.4, 0.5) is 8.78 Å². The van der Waals surface area contributed by atoms with Crippen molar-refractivity contribution >= 4 is 0 Å². The summed E-state index contributed by atoms with van der Waals surface area (Å²) in [5, 5.41) is 0. The molecule has 2 aromatic carbocycles. The Kier molecular flexibility index (Phi) is 3.43. The smallest absolute Gasteiger partial charge is 0.159 e. The molecule has 0 spiro atoms. The molecule has 0 saturated carbocycles. The predicted molar refractivity (Wildman–Crippen MR) is 68.3 cm³/mol. The number of nitrogens with two attached hydrogens (primary N) is 1. The van der Waals surface area contributed by atoms with Crippen LogP contribution in [0.15, 0.2) is 36.4 Å². The fraction of sp³-hybridized carbons (Fsp3) is 0.200. The Morgan fingerprint density at radius 1 is 0.944 bits per heavy atom. The van der Waals surface area contributed by atoms with Crippen LogP contribution in [0.3, 0.4) is 0 Å². The highest BCUT2D eigenvalue weighted by atomic mass is 19.2. The number of hydrogen-bond acceptors (Lipinski definition) is 1. The lowest BCUT2D eigenvalue weighted by Gasteiger charge is -2.16. The third kappa shape index (κ3) is 2.41. The molecule has 0 fully saturated rings. The highest BCUT2D eigenvalue weighted by molar-refractivity contribution is 5.39. The lowest BCUT2D eigenvalue weighted by atomic mass is 9.94. The zero-order chi connectivity index (χ0) is 13.3. The minimum absolute atomic E-state index is 0.444. The Balaban J connectivity index is 2.44. The van der Waals surface area contributed by atoms with Crippen LogP contribution in [-0.4, -0.2) is 0 Å². The van der Waals surface area contributed by atoms with Crippen LogP contribution in [0.2, 0.25) is 0 Å². The minimum atomic E-state index is -0.867. The first kappa shape index (κ1) is 12.7. The first-order valence-electron chi connectivity index (χ1n) is 5.76. The third-order valence-corrected chi connectivity index (χ3v) is 3.07. The summed E-state index contributed by atoms with van der Waals surface area (Å²) in [5.74, 6) is -1.72. The molecule has 1 atom stereocenters. The zero-order valence-corrected chi connectivity index (χ0v) is 10.4. The second kappa shape index (κ2) is 4.86. The number of hydrogen-bond donors (Lipinski definition) is 1. The number of benzene rings is 2. The van der Waals surface area contributed by atoms with E-state index in [0.29, 0.717) is 5.56 Å². The van der Waals surface area contributed by atoms with E-state index >= 15 is 0 Å². The Labute approximate surface area is 105 Å². The van der Waals surface area contributed by atoms with Crippen LogP contribution in [0, 0.1) is 25.5 Å². The van der Waals surface area contributed by atoms with Gasteiger partial charge >= 0.3 is 0 Å². The summed E-state index contributed by atoms with van der Waals surface area (Å²) >= 11 is 0. The van der Waals surface area contributed by atoms with Crippen molar-refractivity contribution in [3.05, 3.63) is 70.3 Å². The monoisotopic (exact) mass is 247 g/mol. The first-order chi connectivity index (χ1) is 8.49. The number of aryl methyl sites for hydroxylation is 2. The molecule has 0 aliphatic rings. The average Bonchev–Trinajstić information content (AvgIpc) is 2.35. The largest absolute Gasteiger partial charge is 0.320 e. The van der Waals surface area contributed by atoms with Crippen LogP contribution in [0.5, 0.6) is 0 Å². The highest BCUT2D eigenvalue weighted by Crippen LogP contribution is 2.24. The fourth-order valence-electron chi connectivity index (χ4n) is 1.98. The van der Waals surface area contributed by atoms with Crippen molar-refractivity contribution in [3.63, 3.8) is 0 Å². The van der Waals surface area contributed by atoms with E-state index in [4.69, 9.17) is 5.73 Å². The maximum atomic E-state index is 13.2. The minimum Gasteiger partial charge on any atom is -0.320 e. The molecule has 18 heavy (non-hydrogen) atoms. The summed E-state index contributed by atoms with van der Waals surface area (Å²) in [6.45, 7) is 3.93. The molecule has 3 heteroatoms. The molecule has 1 nitrogen and oxygen atoms in total. The molecule has 1 unspecified atom stereocenters. The maximum absolute atomic E-state index is 13.2. The Bertz CT molecular complexity index is 579. The Hall–Kier alpha value is -1.74. The summed E-state index contributed by atoms with van der Waals surface area (Å²) in [6, 6.07) is 9.28. The standard InChI is InChI=1S/C15H15F2N/c1-9-3-4-10(2)12(7-9)15(18)11-5-6-13(16)14(17)8-11/h3-8,15H,18H2,1-2H3. The van der Waals surface area contributed by atoms with Crippen LogP contribution in [-0.2, 0) is 0 Å². The van der Waals surface area contributed by atoms with Crippen LogP contribution in [0.1, 0.15) is 28.3 Å². The van der Waals surface area contributed by atoms with Crippen molar-refractivity contribution in [1.82, 2.24) is 0 Å². The van der Waals surface area contributed by atoms with E-state index in [1.165, 1.54) is 6.07 Å². The summed E-state index contributed by atoms with van der Waals surface area (Å²) in [6.07, 6.45) is 0. The molecule has 94 valence electrons. The summed E-state index contributed by atoms with van der Waals surface area (Å²) < 4.78 is 26.1. The summed E-state index contributed by atoms with van der Waals surface area (Å²) in [5.41, 5.74) is 9.75. The Morgan fingerprint density at radius 2 is 1.67 bits per heavy atom. The maximum Gasteiger partial charge on any atom is 0.159 e. The third-order valence-electron chi connectivity index (χ3n) is 3.07. The molecular weight excluding hydrogens is 232 g/mol. The van der Waals surface area contributed by atoms with E-state index in [1.807, 2.05) is 32.0 Å². The van der Waals surface area contributed by atoms with Gasteiger partial charge in [-0.1, -0.05) is 29.8 Å².